The van der Waals surface area contributed by atoms with E-state index in [-0.39, 0.29) is 12.7 Å². The maximum Gasteiger partial charge on any atom is 0.246 e. The summed E-state index contributed by atoms with van der Waals surface area (Å²) >= 11 is 0. The van der Waals surface area contributed by atoms with Gasteiger partial charge in [0.25, 0.3) is 0 Å². The van der Waals surface area contributed by atoms with E-state index in [2.05, 4.69) is 17.9 Å². The Morgan fingerprint density at radius 2 is 1.85 bits per heavy atom. The zero-order valence-electron chi connectivity index (χ0n) is 19.4. The molecule has 7 nitrogen and oxygen atoms in total. The van der Waals surface area contributed by atoms with E-state index in [1.165, 1.54) is 5.56 Å². The number of benzene rings is 2. The van der Waals surface area contributed by atoms with E-state index in [4.69, 9.17) is 18.9 Å². The normalized spacial score (nSPS) is 15.8. The molecule has 33 heavy (non-hydrogen) atoms. The minimum atomic E-state index is 0.0277. The van der Waals surface area contributed by atoms with Gasteiger partial charge in [-0.3, -0.25) is 9.69 Å². The van der Waals surface area contributed by atoms with Gasteiger partial charge in [0.1, 0.15) is 0 Å². The summed E-state index contributed by atoms with van der Waals surface area (Å²) < 4.78 is 22.1. The lowest BCUT2D eigenvalue weighted by atomic mass is 10.1. The molecule has 2 heterocycles. The van der Waals surface area contributed by atoms with Crippen molar-refractivity contribution in [2.24, 2.45) is 0 Å². The van der Waals surface area contributed by atoms with Crippen molar-refractivity contribution in [3.05, 3.63) is 53.6 Å². The van der Waals surface area contributed by atoms with Crippen molar-refractivity contribution in [3.8, 4) is 23.0 Å². The van der Waals surface area contributed by atoms with Crippen LogP contribution in [-0.4, -0.2) is 62.4 Å². The number of fused-ring (bicyclic) bond motifs is 1. The van der Waals surface area contributed by atoms with Crippen molar-refractivity contribution in [1.29, 1.82) is 0 Å². The first-order valence-electron chi connectivity index (χ1n) is 11.5. The first kappa shape index (κ1) is 23.0. The molecule has 2 aliphatic rings. The van der Waals surface area contributed by atoms with E-state index in [1.807, 2.05) is 41.3 Å². The highest BCUT2D eigenvalue weighted by molar-refractivity contribution is 5.92. The first-order chi connectivity index (χ1) is 16.2. The number of rotatable bonds is 9. The van der Waals surface area contributed by atoms with Crippen LogP contribution in [0.4, 0.5) is 0 Å². The third-order valence-corrected chi connectivity index (χ3v) is 5.89. The van der Waals surface area contributed by atoms with Crippen LogP contribution < -0.4 is 18.9 Å². The van der Waals surface area contributed by atoms with Crippen LogP contribution in [0.3, 0.4) is 0 Å². The Labute approximate surface area is 195 Å². The van der Waals surface area contributed by atoms with Crippen LogP contribution in [0.25, 0.3) is 6.08 Å². The van der Waals surface area contributed by atoms with Gasteiger partial charge in [0.2, 0.25) is 12.7 Å². The summed E-state index contributed by atoms with van der Waals surface area (Å²) in [5, 5.41) is 0. The number of methoxy groups -OCH3 is 1. The summed E-state index contributed by atoms with van der Waals surface area (Å²) in [7, 11) is 1.63. The van der Waals surface area contributed by atoms with Crippen LogP contribution in [0, 0.1) is 0 Å². The fourth-order valence-corrected chi connectivity index (χ4v) is 3.93. The second-order valence-electron chi connectivity index (χ2n) is 8.23. The molecule has 1 fully saturated rings. The number of amides is 1. The molecule has 0 spiro atoms. The summed E-state index contributed by atoms with van der Waals surface area (Å²) in [5.74, 6) is 3.05. The maximum absolute atomic E-state index is 12.7. The molecule has 0 aliphatic carbocycles. The molecule has 176 valence electrons. The van der Waals surface area contributed by atoms with Gasteiger partial charge in [-0.1, -0.05) is 25.5 Å². The zero-order chi connectivity index (χ0) is 23.0. The van der Waals surface area contributed by atoms with Crippen LogP contribution >= 0.6 is 0 Å². The van der Waals surface area contributed by atoms with Crippen molar-refractivity contribution < 1.29 is 23.7 Å². The predicted octanol–water partition coefficient (Wildman–Crippen LogP) is 3.96. The molecule has 4 rings (SSSR count). The fourth-order valence-electron chi connectivity index (χ4n) is 3.93. The van der Waals surface area contributed by atoms with Gasteiger partial charge in [0.05, 0.1) is 13.7 Å². The Hall–Kier alpha value is -3.19. The molecule has 0 bridgehead atoms. The second-order valence-corrected chi connectivity index (χ2v) is 8.23. The molecular weight excluding hydrogens is 420 g/mol. The average molecular weight is 453 g/mol. The number of unbranched alkanes of at least 4 members (excludes halogenated alkanes) is 1. The Morgan fingerprint density at radius 3 is 2.64 bits per heavy atom. The lowest BCUT2D eigenvalue weighted by Gasteiger charge is -2.34. The fraction of sp³-hybridized carbons (Fsp3) is 0.423. The van der Waals surface area contributed by atoms with E-state index in [0.29, 0.717) is 25.4 Å². The smallest absolute Gasteiger partial charge is 0.246 e. The van der Waals surface area contributed by atoms with Crippen LogP contribution in [0.1, 0.15) is 30.9 Å². The van der Waals surface area contributed by atoms with E-state index in [9.17, 15) is 4.79 Å². The standard InChI is InChI=1S/C26H32N2O5/c1-3-4-15-31-22-8-5-20(16-24(22)30-2)7-10-26(29)28-13-11-27(12-14-28)18-21-6-9-23-25(17-21)33-19-32-23/h5-10,16-17H,3-4,11-15,18-19H2,1-2H3/b10-7+. The van der Waals surface area contributed by atoms with Crippen LogP contribution in [-0.2, 0) is 11.3 Å². The molecule has 0 unspecified atom stereocenters. The van der Waals surface area contributed by atoms with Crippen LogP contribution in [0.2, 0.25) is 0 Å². The molecule has 2 aliphatic heterocycles. The average Bonchev–Trinajstić information content (AvgIpc) is 3.31. The van der Waals surface area contributed by atoms with Gasteiger partial charge in [-0.2, -0.15) is 0 Å². The molecule has 0 N–H and O–H groups in total. The van der Waals surface area contributed by atoms with Crippen molar-refractivity contribution >= 4 is 12.0 Å². The summed E-state index contributed by atoms with van der Waals surface area (Å²) in [6.07, 6.45) is 5.56. The number of ether oxygens (including phenoxy) is 4. The highest BCUT2D eigenvalue weighted by Crippen LogP contribution is 2.33. The number of hydrogen-bond acceptors (Lipinski definition) is 6. The van der Waals surface area contributed by atoms with Gasteiger partial charge in [-0.05, 0) is 47.9 Å². The van der Waals surface area contributed by atoms with E-state index in [1.54, 1.807) is 13.2 Å². The monoisotopic (exact) mass is 452 g/mol. The molecule has 0 saturated carbocycles. The van der Waals surface area contributed by atoms with Crippen molar-refractivity contribution in [2.75, 3.05) is 46.7 Å². The second kappa shape index (κ2) is 11.1. The molecule has 2 aromatic carbocycles. The quantitative estimate of drug-likeness (QED) is 0.424. The number of nitrogens with zero attached hydrogens (tertiary/aromatic N) is 2. The highest BCUT2D eigenvalue weighted by atomic mass is 16.7. The van der Waals surface area contributed by atoms with Gasteiger partial charge in [0, 0.05) is 38.8 Å². The number of hydrogen-bond donors (Lipinski definition) is 0. The van der Waals surface area contributed by atoms with Crippen LogP contribution in [0.5, 0.6) is 23.0 Å². The Balaban J connectivity index is 1.27. The SMILES string of the molecule is CCCCOc1ccc(/C=C/C(=O)N2CCN(Cc3ccc4c(c3)OCO4)CC2)cc1OC. The first-order valence-corrected chi connectivity index (χ1v) is 11.5. The Kier molecular flexibility index (Phi) is 7.73. The molecular formula is C26H32N2O5. The minimum absolute atomic E-state index is 0.0277. The summed E-state index contributed by atoms with van der Waals surface area (Å²) in [5.41, 5.74) is 2.10. The molecule has 7 heteroatoms. The van der Waals surface area contributed by atoms with Gasteiger partial charge >= 0.3 is 0 Å². The van der Waals surface area contributed by atoms with Crippen LogP contribution in [0.15, 0.2) is 42.5 Å². The van der Waals surface area contributed by atoms with Gasteiger partial charge in [0.15, 0.2) is 23.0 Å². The van der Waals surface area contributed by atoms with Gasteiger partial charge in [-0.15, -0.1) is 0 Å². The summed E-state index contributed by atoms with van der Waals surface area (Å²) in [4.78, 5) is 16.9. The van der Waals surface area contributed by atoms with E-state index in [0.717, 1.165) is 55.3 Å². The molecule has 1 amide bonds. The van der Waals surface area contributed by atoms with Gasteiger partial charge in [-0.25, -0.2) is 0 Å². The molecule has 0 radical (unpaired) electrons. The summed E-state index contributed by atoms with van der Waals surface area (Å²) in [6.45, 7) is 7.02. The number of piperazine rings is 1. The molecule has 1 saturated heterocycles. The van der Waals surface area contributed by atoms with E-state index >= 15 is 0 Å². The lowest BCUT2D eigenvalue weighted by Crippen LogP contribution is -2.47. The Bertz CT molecular complexity index is 983. The highest BCUT2D eigenvalue weighted by Gasteiger charge is 2.21. The maximum atomic E-state index is 12.7. The number of carbonyl (C=O) groups is 1. The predicted molar refractivity (Wildman–Crippen MR) is 127 cm³/mol. The van der Waals surface area contributed by atoms with E-state index < -0.39 is 0 Å². The van der Waals surface area contributed by atoms with Crippen molar-refractivity contribution in [1.82, 2.24) is 9.80 Å². The topological polar surface area (TPSA) is 60.5 Å². The zero-order valence-corrected chi connectivity index (χ0v) is 19.4. The number of carbonyl (C=O) groups excluding carboxylic acids is 1. The van der Waals surface area contributed by atoms with Gasteiger partial charge < -0.3 is 23.8 Å². The largest absolute Gasteiger partial charge is 0.493 e. The summed E-state index contributed by atoms with van der Waals surface area (Å²) in [6, 6.07) is 11.8. The molecule has 2 aromatic rings. The molecule has 0 atom stereocenters. The third-order valence-electron chi connectivity index (χ3n) is 5.89. The lowest BCUT2D eigenvalue weighted by molar-refractivity contribution is -0.127. The van der Waals surface area contributed by atoms with Crippen molar-refractivity contribution in [3.63, 3.8) is 0 Å². The Morgan fingerprint density at radius 1 is 1.03 bits per heavy atom. The minimum Gasteiger partial charge on any atom is -0.493 e. The third kappa shape index (κ3) is 5.99. The van der Waals surface area contributed by atoms with Crippen molar-refractivity contribution in [2.45, 2.75) is 26.3 Å². The molecule has 0 aromatic heterocycles.